The van der Waals surface area contributed by atoms with Crippen LogP contribution in [0, 0.1) is 6.92 Å². The molecule has 1 heterocycles. The quantitative estimate of drug-likeness (QED) is 0.736. The van der Waals surface area contributed by atoms with Crippen molar-refractivity contribution in [3.63, 3.8) is 0 Å². The van der Waals surface area contributed by atoms with Crippen molar-refractivity contribution in [2.75, 3.05) is 32.6 Å². The Morgan fingerprint density at radius 3 is 2.35 bits per heavy atom. The first-order chi connectivity index (χ1) is 10.8. The molecule has 0 unspecified atom stereocenters. The van der Waals surface area contributed by atoms with E-state index in [9.17, 15) is 4.79 Å². The zero-order chi connectivity index (χ0) is 17.1. The Kier molecular flexibility index (Phi) is 5.84. The van der Waals surface area contributed by atoms with Gasteiger partial charge >= 0.3 is 0 Å². The van der Waals surface area contributed by atoms with Crippen molar-refractivity contribution in [1.82, 2.24) is 9.88 Å². The smallest absolute Gasteiger partial charge is 0.190 e. The number of aromatic nitrogens is 1. The molecule has 0 N–H and O–H groups in total. The number of anilines is 2. The lowest BCUT2D eigenvalue weighted by molar-refractivity contribution is 0.463. The largest absolute Gasteiger partial charge is 0.321 e. The normalized spacial score (nSPS) is 10.7. The van der Waals surface area contributed by atoms with Crippen molar-refractivity contribution in [3.05, 3.63) is 38.8 Å². The summed E-state index contributed by atoms with van der Waals surface area (Å²) in [7, 11) is 5.71. The summed E-state index contributed by atoms with van der Waals surface area (Å²) in [6.45, 7) is 2.42. The van der Waals surface area contributed by atoms with E-state index in [1.54, 1.807) is 6.07 Å². The Morgan fingerprint density at radius 2 is 1.83 bits per heavy atom. The predicted molar refractivity (Wildman–Crippen MR) is 99.0 cm³/mol. The summed E-state index contributed by atoms with van der Waals surface area (Å²) in [6, 6.07) is 5.32. The SMILES string of the molecule is Cc1nc(N(C)c2cc(Cl)cc(Cl)c2)sc1C(=C=O)CN(C)C. The minimum atomic E-state index is 0.526. The molecule has 0 fully saturated rings. The Morgan fingerprint density at radius 1 is 1.22 bits per heavy atom. The van der Waals surface area contributed by atoms with Gasteiger partial charge in [-0.2, -0.15) is 0 Å². The summed E-state index contributed by atoms with van der Waals surface area (Å²) in [5.41, 5.74) is 2.26. The maximum Gasteiger partial charge on any atom is 0.190 e. The average molecular weight is 370 g/mol. The van der Waals surface area contributed by atoms with Crippen LogP contribution in [0.2, 0.25) is 10.0 Å². The third-order valence-electron chi connectivity index (χ3n) is 3.18. The number of hydrogen-bond acceptors (Lipinski definition) is 5. The molecule has 2 aromatic rings. The molecule has 7 heteroatoms. The zero-order valence-electron chi connectivity index (χ0n) is 13.4. The molecular formula is C16H17Cl2N3OS. The van der Waals surface area contributed by atoms with Crippen molar-refractivity contribution in [2.24, 2.45) is 0 Å². The van der Waals surface area contributed by atoms with Gasteiger partial charge in [0.1, 0.15) is 5.94 Å². The van der Waals surface area contributed by atoms with Crippen LogP contribution in [0.3, 0.4) is 0 Å². The lowest BCUT2D eigenvalue weighted by Crippen LogP contribution is -2.14. The van der Waals surface area contributed by atoms with E-state index in [0.717, 1.165) is 21.4 Å². The maximum atomic E-state index is 11.3. The van der Waals surface area contributed by atoms with E-state index < -0.39 is 0 Å². The van der Waals surface area contributed by atoms with E-state index in [0.29, 0.717) is 22.2 Å². The minimum absolute atomic E-state index is 0.526. The number of halogens is 2. The molecule has 0 saturated carbocycles. The number of benzene rings is 1. The fourth-order valence-electron chi connectivity index (χ4n) is 2.12. The highest BCUT2D eigenvalue weighted by Gasteiger charge is 2.17. The number of rotatable bonds is 5. The van der Waals surface area contributed by atoms with Gasteiger partial charge in [-0.1, -0.05) is 34.5 Å². The topological polar surface area (TPSA) is 36.4 Å². The first kappa shape index (κ1) is 18.0. The van der Waals surface area contributed by atoms with Crippen LogP contribution in [0.4, 0.5) is 10.8 Å². The fraction of sp³-hybridized carbons (Fsp3) is 0.312. The lowest BCUT2D eigenvalue weighted by Gasteiger charge is -2.16. The highest BCUT2D eigenvalue weighted by molar-refractivity contribution is 7.17. The summed E-state index contributed by atoms with van der Waals surface area (Å²) in [5.74, 6) is 2.04. The second-order valence-corrected chi connectivity index (χ2v) is 7.27. The Bertz CT molecular complexity index is 746. The number of carbonyl (C=O) groups excluding carboxylic acids is 1. The molecule has 0 amide bonds. The van der Waals surface area contributed by atoms with Crippen LogP contribution in [-0.2, 0) is 4.79 Å². The van der Waals surface area contributed by atoms with Crippen LogP contribution >= 0.6 is 34.5 Å². The minimum Gasteiger partial charge on any atom is -0.321 e. The van der Waals surface area contributed by atoms with Crippen LogP contribution < -0.4 is 4.90 Å². The van der Waals surface area contributed by atoms with Crippen LogP contribution in [0.15, 0.2) is 18.2 Å². The van der Waals surface area contributed by atoms with Gasteiger partial charge in [-0.05, 0) is 39.2 Å². The van der Waals surface area contributed by atoms with E-state index in [4.69, 9.17) is 23.2 Å². The third kappa shape index (κ3) is 4.34. The van der Waals surface area contributed by atoms with Gasteiger partial charge in [-0.15, -0.1) is 0 Å². The molecule has 4 nitrogen and oxygen atoms in total. The van der Waals surface area contributed by atoms with Gasteiger partial charge in [0.25, 0.3) is 0 Å². The molecule has 0 radical (unpaired) electrons. The molecule has 0 aliphatic heterocycles. The van der Waals surface area contributed by atoms with Crippen molar-refractivity contribution in [3.8, 4) is 0 Å². The zero-order valence-corrected chi connectivity index (χ0v) is 15.7. The fourth-order valence-corrected chi connectivity index (χ4v) is 3.66. The molecule has 0 bridgehead atoms. The Balaban J connectivity index is 2.38. The first-order valence-corrected chi connectivity index (χ1v) is 8.45. The van der Waals surface area contributed by atoms with Crippen LogP contribution in [0.25, 0.3) is 5.57 Å². The number of thiazole rings is 1. The van der Waals surface area contributed by atoms with Crippen molar-refractivity contribution in [2.45, 2.75) is 6.92 Å². The Labute approximate surface area is 150 Å². The van der Waals surface area contributed by atoms with Gasteiger partial charge in [0.2, 0.25) is 0 Å². The van der Waals surface area contributed by atoms with Crippen LogP contribution in [0.1, 0.15) is 10.6 Å². The van der Waals surface area contributed by atoms with Crippen LogP contribution in [-0.4, -0.2) is 43.5 Å². The molecule has 0 atom stereocenters. The van der Waals surface area contributed by atoms with Crippen molar-refractivity contribution in [1.29, 1.82) is 0 Å². The average Bonchev–Trinajstić information content (AvgIpc) is 2.84. The summed E-state index contributed by atoms with van der Waals surface area (Å²) in [4.78, 5) is 20.5. The van der Waals surface area contributed by atoms with E-state index in [-0.39, 0.29) is 0 Å². The van der Waals surface area contributed by atoms with E-state index in [2.05, 4.69) is 4.98 Å². The first-order valence-electron chi connectivity index (χ1n) is 6.88. The molecule has 0 aliphatic rings. The third-order valence-corrected chi connectivity index (χ3v) is 4.91. The molecular weight excluding hydrogens is 353 g/mol. The molecule has 122 valence electrons. The molecule has 1 aromatic heterocycles. The standard InChI is InChI=1S/C16H17Cl2N3OS/c1-10-15(11(9-22)8-20(2)3)23-16(19-10)21(4)14-6-12(17)5-13(18)7-14/h5-7H,8H2,1-4H3. The summed E-state index contributed by atoms with van der Waals surface area (Å²) < 4.78 is 0. The highest BCUT2D eigenvalue weighted by Crippen LogP contribution is 2.35. The van der Waals surface area contributed by atoms with Gasteiger partial charge < -0.3 is 9.80 Å². The second-order valence-electron chi connectivity index (χ2n) is 5.42. The summed E-state index contributed by atoms with van der Waals surface area (Å²) in [5, 5.41) is 1.89. The van der Waals surface area contributed by atoms with Gasteiger partial charge in [0.05, 0.1) is 16.1 Å². The van der Waals surface area contributed by atoms with E-state index in [1.165, 1.54) is 11.3 Å². The van der Waals surface area contributed by atoms with Crippen molar-refractivity contribution >= 4 is 56.9 Å². The summed E-state index contributed by atoms with van der Waals surface area (Å²) >= 11 is 13.6. The Hall–Kier alpha value is -1.36. The number of hydrogen-bond donors (Lipinski definition) is 0. The second kappa shape index (κ2) is 7.47. The van der Waals surface area contributed by atoms with Crippen LogP contribution in [0.5, 0.6) is 0 Å². The molecule has 0 saturated heterocycles. The molecule has 0 aliphatic carbocycles. The number of likely N-dealkylation sites (N-methyl/N-ethyl adjacent to an activating group) is 1. The highest BCUT2D eigenvalue weighted by atomic mass is 35.5. The van der Waals surface area contributed by atoms with Gasteiger partial charge in [0, 0.05) is 29.3 Å². The molecule has 1 aromatic carbocycles. The predicted octanol–water partition coefficient (Wildman–Crippen LogP) is 4.30. The number of aryl methyl sites for hydroxylation is 1. The van der Waals surface area contributed by atoms with Gasteiger partial charge in [-0.3, -0.25) is 0 Å². The monoisotopic (exact) mass is 369 g/mol. The molecule has 23 heavy (non-hydrogen) atoms. The van der Waals surface area contributed by atoms with E-state index in [1.807, 2.05) is 55.9 Å². The van der Waals surface area contributed by atoms with Gasteiger partial charge in [0.15, 0.2) is 5.13 Å². The number of nitrogens with zero attached hydrogens (tertiary/aromatic N) is 3. The van der Waals surface area contributed by atoms with E-state index >= 15 is 0 Å². The lowest BCUT2D eigenvalue weighted by atomic mass is 10.2. The van der Waals surface area contributed by atoms with Crippen molar-refractivity contribution < 1.29 is 4.79 Å². The van der Waals surface area contributed by atoms with Gasteiger partial charge in [-0.25, -0.2) is 9.78 Å². The summed E-state index contributed by atoms with van der Waals surface area (Å²) in [6.07, 6.45) is 0. The molecule has 2 rings (SSSR count). The maximum absolute atomic E-state index is 11.3. The molecule has 0 spiro atoms.